The Kier molecular flexibility index (Phi) is 8.74. The lowest BCUT2D eigenvalue weighted by Gasteiger charge is -2.20. The van der Waals surface area contributed by atoms with E-state index in [1.165, 1.54) is 4.90 Å². The second kappa shape index (κ2) is 10.8. The van der Waals surface area contributed by atoms with Crippen LogP contribution in [-0.4, -0.2) is 29.8 Å². The van der Waals surface area contributed by atoms with Crippen molar-refractivity contribution >= 4 is 17.5 Å². The fourth-order valence-electron chi connectivity index (χ4n) is 2.47. The van der Waals surface area contributed by atoms with Crippen LogP contribution in [-0.2, 0) is 4.79 Å². The molecule has 6 heteroatoms. The summed E-state index contributed by atoms with van der Waals surface area (Å²) in [5.74, 6) is -0.258. The van der Waals surface area contributed by atoms with Crippen LogP contribution in [0.4, 0.5) is 5.69 Å². The molecule has 0 saturated heterocycles. The van der Waals surface area contributed by atoms with E-state index in [0.29, 0.717) is 24.3 Å². The topological polar surface area (TPSA) is 97.0 Å². The summed E-state index contributed by atoms with van der Waals surface area (Å²) < 4.78 is 0. The highest BCUT2D eigenvalue weighted by atomic mass is 16.2. The zero-order valence-electron chi connectivity index (χ0n) is 14.8. The molecule has 0 atom stereocenters. The highest BCUT2D eigenvalue weighted by molar-refractivity contribution is 5.96. The highest BCUT2D eigenvalue weighted by Crippen LogP contribution is 2.15. The van der Waals surface area contributed by atoms with Crippen molar-refractivity contribution in [3.8, 4) is 12.1 Å². The molecule has 25 heavy (non-hydrogen) atoms. The van der Waals surface area contributed by atoms with Crippen LogP contribution in [0.2, 0.25) is 0 Å². The Morgan fingerprint density at radius 2 is 1.56 bits per heavy atom. The summed E-state index contributed by atoms with van der Waals surface area (Å²) in [7, 11) is 0. The van der Waals surface area contributed by atoms with Crippen molar-refractivity contribution in [2.24, 2.45) is 5.92 Å². The molecule has 0 saturated carbocycles. The molecule has 0 heterocycles. The first-order valence-electron chi connectivity index (χ1n) is 8.51. The van der Waals surface area contributed by atoms with E-state index in [2.05, 4.69) is 5.32 Å². The van der Waals surface area contributed by atoms with Gasteiger partial charge in [0.1, 0.15) is 0 Å². The lowest BCUT2D eigenvalue weighted by atomic mass is 10.0. The second-order valence-electron chi connectivity index (χ2n) is 5.69. The minimum absolute atomic E-state index is 0.0197. The van der Waals surface area contributed by atoms with Crippen LogP contribution in [0.1, 0.15) is 49.9 Å². The summed E-state index contributed by atoms with van der Waals surface area (Å²) in [6, 6.07) is 10.7. The summed E-state index contributed by atoms with van der Waals surface area (Å²) in [5, 5.41) is 20.3. The van der Waals surface area contributed by atoms with Gasteiger partial charge in [-0.15, -0.1) is 0 Å². The molecule has 1 aromatic carbocycles. The first kappa shape index (κ1) is 20.2. The van der Waals surface area contributed by atoms with Gasteiger partial charge in [0.05, 0.1) is 25.0 Å². The zero-order chi connectivity index (χ0) is 18.7. The van der Waals surface area contributed by atoms with Crippen LogP contribution in [0.3, 0.4) is 0 Å². The van der Waals surface area contributed by atoms with Crippen molar-refractivity contribution in [3.05, 3.63) is 29.8 Å². The minimum Gasteiger partial charge on any atom is -0.337 e. The molecule has 1 N–H and O–H groups in total. The van der Waals surface area contributed by atoms with Gasteiger partial charge in [0, 0.05) is 30.3 Å². The van der Waals surface area contributed by atoms with Gasteiger partial charge in [0.25, 0.3) is 5.91 Å². The number of rotatable bonds is 9. The van der Waals surface area contributed by atoms with E-state index >= 15 is 0 Å². The average Bonchev–Trinajstić information content (AvgIpc) is 2.63. The summed E-state index contributed by atoms with van der Waals surface area (Å²) >= 11 is 0. The Morgan fingerprint density at radius 1 is 1.04 bits per heavy atom. The lowest BCUT2D eigenvalue weighted by molar-refractivity contribution is -0.120. The molecule has 0 unspecified atom stereocenters. The molecule has 0 spiro atoms. The number of amides is 2. The Labute approximate surface area is 149 Å². The van der Waals surface area contributed by atoms with Crippen LogP contribution in [0, 0.1) is 28.6 Å². The molecular formula is C19H24N4O2. The van der Waals surface area contributed by atoms with Crippen LogP contribution in [0.15, 0.2) is 24.3 Å². The summed E-state index contributed by atoms with van der Waals surface area (Å²) in [6.45, 7) is 4.55. The third-order valence-electron chi connectivity index (χ3n) is 4.03. The van der Waals surface area contributed by atoms with Crippen LogP contribution < -0.4 is 5.32 Å². The molecular weight excluding hydrogens is 316 g/mol. The lowest BCUT2D eigenvalue weighted by Crippen LogP contribution is -2.32. The molecule has 0 bridgehead atoms. The highest BCUT2D eigenvalue weighted by Gasteiger charge is 2.17. The van der Waals surface area contributed by atoms with E-state index < -0.39 is 0 Å². The third-order valence-corrected chi connectivity index (χ3v) is 4.03. The standard InChI is InChI=1S/C19H24N4O2/c1-3-15(4-2)18(24)22-17-9-7-16(8-10-17)19(25)23(13-5-11-20)14-6-12-21/h7-10,15H,3-6,13-14H2,1-2H3,(H,22,24). The fourth-order valence-corrected chi connectivity index (χ4v) is 2.47. The SMILES string of the molecule is CCC(CC)C(=O)Nc1ccc(C(=O)N(CCC#N)CCC#N)cc1. The number of hydrogen-bond donors (Lipinski definition) is 1. The molecule has 0 aliphatic carbocycles. The van der Waals surface area contributed by atoms with Crippen molar-refractivity contribution in [2.45, 2.75) is 39.5 Å². The predicted molar refractivity (Wildman–Crippen MR) is 95.5 cm³/mol. The van der Waals surface area contributed by atoms with Gasteiger partial charge in [-0.1, -0.05) is 13.8 Å². The number of benzene rings is 1. The number of nitrogens with zero attached hydrogens (tertiary/aromatic N) is 3. The Bertz CT molecular complexity index is 633. The second-order valence-corrected chi connectivity index (χ2v) is 5.69. The van der Waals surface area contributed by atoms with E-state index in [-0.39, 0.29) is 30.6 Å². The van der Waals surface area contributed by atoms with Crippen molar-refractivity contribution < 1.29 is 9.59 Å². The van der Waals surface area contributed by atoms with Gasteiger partial charge in [-0.25, -0.2) is 0 Å². The summed E-state index contributed by atoms with van der Waals surface area (Å²) in [5.41, 5.74) is 1.12. The largest absolute Gasteiger partial charge is 0.337 e. The van der Waals surface area contributed by atoms with Gasteiger partial charge in [-0.3, -0.25) is 9.59 Å². The van der Waals surface area contributed by atoms with Gasteiger partial charge in [-0.05, 0) is 37.1 Å². The predicted octanol–water partition coefficient (Wildman–Crippen LogP) is 3.33. The van der Waals surface area contributed by atoms with Crippen LogP contribution in [0.5, 0.6) is 0 Å². The maximum absolute atomic E-state index is 12.5. The van der Waals surface area contributed by atoms with Crippen molar-refractivity contribution in [3.63, 3.8) is 0 Å². The normalized spacial score (nSPS) is 9.96. The smallest absolute Gasteiger partial charge is 0.253 e. The van der Waals surface area contributed by atoms with Crippen LogP contribution in [0.25, 0.3) is 0 Å². The molecule has 1 rings (SSSR count). The van der Waals surface area contributed by atoms with Crippen molar-refractivity contribution in [1.82, 2.24) is 4.90 Å². The number of hydrogen-bond acceptors (Lipinski definition) is 4. The third kappa shape index (κ3) is 6.27. The van der Waals surface area contributed by atoms with Crippen molar-refractivity contribution in [2.75, 3.05) is 18.4 Å². The van der Waals surface area contributed by atoms with E-state index in [0.717, 1.165) is 12.8 Å². The summed E-state index contributed by atoms with van der Waals surface area (Å²) in [6.07, 6.45) is 2.01. The molecule has 0 fully saturated rings. The fraction of sp³-hybridized carbons (Fsp3) is 0.474. The zero-order valence-corrected chi connectivity index (χ0v) is 14.8. The van der Waals surface area contributed by atoms with E-state index in [1.807, 2.05) is 26.0 Å². The Morgan fingerprint density at radius 3 is 2.00 bits per heavy atom. The van der Waals surface area contributed by atoms with Gasteiger partial charge in [0.2, 0.25) is 5.91 Å². The Balaban J connectivity index is 2.79. The molecule has 0 aliphatic heterocycles. The molecule has 2 amide bonds. The van der Waals surface area contributed by atoms with Gasteiger partial charge < -0.3 is 10.2 Å². The van der Waals surface area contributed by atoms with Crippen molar-refractivity contribution in [1.29, 1.82) is 10.5 Å². The van der Waals surface area contributed by atoms with Crippen LogP contribution >= 0.6 is 0 Å². The molecule has 0 aliphatic rings. The maximum Gasteiger partial charge on any atom is 0.253 e. The maximum atomic E-state index is 12.5. The molecule has 132 valence electrons. The monoisotopic (exact) mass is 340 g/mol. The molecule has 0 aromatic heterocycles. The quantitative estimate of drug-likeness (QED) is 0.745. The number of carbonyl (C=O) groups excluding carboxylic acids is 2. The molecule has 1 aromatic rings. The molecule has 6 nitrogen and oxygen atoms in total. The van der Waals surface area contributed by atoms with E-state index in [4.69, 9.17) is 10.5 Å². The van der Waals surface area contributed by atoms with Gasteiger partial charge >= 0.3 is 0 Å². The summed E-state index contributed by atoms with van der Waals surface area (Å²) in [4.78, 5) is 26.1. The Hall–Kier alpha value is -2.86. The van der Waals surface area contributed by atoms with E-state index in [1.54, 1.807) is 24.3 Å². The first-order valence-corrected chi connectivity index (χ1v) is 8.51. The molecule has 0 radical (unpaired) electrons. The first-order chi connectivity index (χ1) is 12.1. The average molecular weight is 340 g/mol. The van der Waals surface area contributed by atoms with Gasteiger partial charge in [-0.2, -0.15) is 10.5 Å². The number of nitrogens with one attached hydrogen (secondary N) is 1. The van der Waals surface area contributed by atoms with E-state index in [9.17, 15) is 9.59 Å². The van der Waals surface area contributed by atoms with Gasteiger partial charge in [0.15, 0.2) is 0 Å². The number of carbonyl (C=O) groups is 2. The number of anilines is 1. The number of nitriles is 2. The minimum atomic E-state index is -0.219.